The van der Waals surface area contributed by atoms with Crippen LogP contribution in [0.15, 0.2) is 36.0 Å². The van der Waals surface area contributed by atoms with Crippen LogP contribution in [-0.2, 0) is 4.79 Å². The SMILES string of the molecule is O=C1NC(O)C/C1=C\c1cnn2c(NC3CC3)cc(Nc3ccc(O)cc3Cl)nc12. The van der Waals surface area contributed by atoms with Crippen LogP contribution in [0.2, 0.25) is 5.02 Å². The molecule has 154 valence electrons. The van der Waals surface area contributed by atoms with Gasteiger partial charge in [0.1, 0.15) is 23.6 Å². The summed E-state index contributed by atoms with van der Waals surface area (Å²) in [4.78, 5) is 16.7. The second-order valence-electron chi connectivity index (χ2n) is 7.43. The van der Waals surface area contributed by atoms with Gasteiger partial charge in [-0.3, -0.25) is 4.79 Å². The largest absolute Gasteiger partial charge is 0.508 e. The van der Waals surface area contributed by atoms with Crippen LogP contribution >= 0.6 is 11.6 Å². The summed E-state index contributed by atoms with van der Waals surface area (Å²) < 4.78 is 1.69. The molecule has 10 heteroatoms. The molecule has 0 radical (unpaired) electrons. The normalized spacial score (nSPS) is 20.0. The molecule has 1 saturated carbocycles. The number of aliphatic hydroxyl groups is 1. The number of halogens is 1. The lowest BCUT2D eigenvalue weighted by molar-refractivity contribution is -0.117. The quantitative estimate of drug-likeness (QED) is 0.314. The van der Waals surface area contributed by atoms with Crippen LogP contribution < -0.4 is 16.0 Å². The Balaban J connectivity index is 1.57. The number of hydrogen-bond donors (Lipinski definition) is 5. The molecular weight excluding hydrogens is 408 g/mol. The zero-order chi connectivity index (χ0) is 20.8. The van der Waals surface area contributed by atoms with Crippen LogP contribution in [0, 0.1) is 0 Å². The van der Waals surface area contributed by atoms with Gasteiger partial charge in [-0.1, -0.05) is 11.6 Å². The minimum absolute atomic E-state index is 0.0757. The molecular formula is C20H19ClN6O3. The van der Waals surface area contributed by atoms with Gasteiger partial charge in [-0.25, -0.2) is 4.98 Å². The van der Waals surface area contributed by atoms with Gasteiger partial charge in [0.05, 0.1) is 16.9 Å². The molecule has 0 bridgehead atoms. The van der Waals surface area contributed by atoms with Crippen LogP contribution in [-0.4, -0.2) is 43.0 Å². The molecule has 1 atom stereocenters. The number of phenolic OH excluding ortho intramolecular Hbond substituents is 1. The summed E-state index contributed by atoms with van der Waals surface area (Å²) in [6.07, 6.45) is 4.87. The molecule has 1 aliphatic heterocycles. The first-order valence-corrected chi connectivity index (χ1v) is 9.94. The lowest BCUT2D eigenvalue weighted by Crippen LogP contribution is -2.24. The van der Waals surface area contributed by atoms with Gasteiger partial charge in [-0.05, 0) is 31.1 Å². The average Bonchev–Trinajstić information content (AvgIpc) is 3.33. The Hall–Kier alpha value is -3.30. The van der Waals surface area contributed by atoms with E-state index in [1.165, 1.54) is 12.1 Å². The fourth-order valence-electron chi connectivity index (χ4n) is 3.34. The van der Waals surface area contributed by atoms with Crippen LogP contribution in [0.3, 0.4) is 0 Å². The first kappa shape index (κ1) is 18.7. The predicted octanol–water partition coefficient (Wildman–Crippen LogP) is 2.63. The maximum absolute atomic E-state index is 12.0. The molecule has 9 nitrogen and oxygen atoms in total. The van der Waals surface area contributed by atoms with E-state index in [0.717, 1.165) is 18.7 Å². The van der Waals surface area contributed by atoms with Crippen molar-refractivity contribution in [2.45, 2.75) is 31.5 Å². The number of aromatic hydroxyl groups is 1. The number of fused-ring (bicyclic) bond motifs is 1. The predicted molar refractivity (Wildman–Crippen MR) is 113 cm³/mol. The molecule has 30 heavy (non-hydrogen) atoms. The van der Waals surface area contributed by atoms with Crippen molar-refractivity contribution < 1.29 is 15.0 Å². The molecule has 3 heterocycles. The molecule has 1 unspecified atom stereocenters. The van der Waals surface area contributed by atoms with Gasteiger partial charge in [-0.15, -0.1) is 0 Å². The van der Waals surface area contributed by atoms with Gasteiger partial charge in [0.25, 0.3) is 0 Å². The number of carbonyl (C=O) groups excluding carboxylic acids is 1. The first-order chi connectivity index (χ1) is 14.5. The summed E-state index contributed by atoms with van der Waals surface area (Å²) in [5, 5.41) is 33.1. The number of aliphatic hydroxyl groups excluding tert-OH is 1. The second kappa shape index (κ2) is 7.19. The first-order valence-electron chi connectivity index (χ1n) is 9.56. The monoisotopic (exact) mass is 426 g/mol. The van der Waals surface area contributed by atoms with Crippen molar-refractivity contribution in [3.8, 4) is 5.75 Å². The number of amides is 1. The molecule has 1 aromatic carbocycles. The maximum atomic E-state index is 12.0. The number of hydrogen-bond acceptors (Lipinski definition) is 7. The Labute approximate surface area is 176 Å². The number of carbonyl (C=O) groups is 1. The fraction of sp³-hybridized carbons (Fsp3) is 0.250. The van der Waals surface area contributed by atoms with Gasteiger partial charge >= 0.3 is 0 Å². The molecule has 1 saturated heterocycles. The summed E-state index contributed by atoms with van der Waals surface area (Å²) in [5.41, 5.74) is 2.28. The third-order valence-electron chi connectivity index (χ3n) is 4.98. The Morgan fingerprint density at radius 2 is 2.13 bits per heavy atom. The van der Waals surface area contributed by atoms with Crippen LogP contribution in [0.1, 0.15) is 24.8 Å². The van der Waals surface area contributed by atoms with Crippen LogP contribution in [0.25, 0.3) is 11.7 Å². The van der Waals surface area contributed by atoms with E-state index in [-0.39, 0.29) is 18.1 Å². The molecule has 5 N–H and O–H groups in total. The zero-order valence-corrected chi connectivity index (χ0v) is 16.5. The highest BCUT2D eigenvalue weighted by molar-refractivity contribution is 6.33. The van der Waals surface area contributed by atoms with Crippen molar-refractivity contribution in [1.29, 1.82) is 0 Å². The van der Waals surface area contributed by atoms with Crippen molar-refractivity contribution in [3.63, 3.8) is 0 Å². The Morgan fingerprint density at radius 3 is 2.83 bits per heavy atom. The van der Waals surface area contributed by atoms with E-state index in [0.29, 0.717) is 39.4 Å². The van der Waals surface area contributed by atoms with Gasteiger partial charge in [0.15, 0.2) is 5.65 Å². The Kier molecular flexibility index (Phi) is 4.48. The second-order valence-corrected chi connectivity index (χ2v) is 7.84. The highest BCUT2D eigenvalue weighted by Gasteiger charge is 2.26. The number of nitrogens with zero attached hydrogens (tertiary/aromatic N) is 3. The van der Waals surface area contributed by atoms with E-state index in [4.69, 9.17) is 11.6 Å². The van der Waals surface area contributed by atoms with Crippen LogP contribution in [0.4, 0.5) is 17.3 Å². The number of phenols is 1. The topological polar surface area (TPSA) is 124 Å². The Morgan fingerprint density at radius 1 is 1.30 bits per heavy atom. The lowest BCUT2D eigenvalue weighted by Gasteiger charge is -2.12. The van der Waals surface area contributed by atoms with Gasteiger partial charge < -0.3 is 26.2 Å². The summed E-state index contributed by atoms with van der Waals surface area (Å²) in [6, 6.07) is 6.88. The van der Waals surface area contributed by atoms with E-state index in [9.17, 15) is 15.0 Å². The van der Waals surface area contributed by atoms with Crippen molar-refractivity contribution >= 4 is 46.6 Å². The molecule has 2 aliphatic rings. The summed E-state index contributed by atoms with van der Waals surface area (Å²) in [6.45, 7) is 0. The number of benzene rings is 1. The highest BCUT2D eigenvalue weighted by atomic mass is 35.5. The third-order valence-corrected chi connectivity index (χ3v) is 5.29. The van der Waals surface area contributed by atoms with Gasteiger partial charge in [-0.2, -0.15) is 9.61 Å². The van der Waals surface area contributed by atoms with E-state index in [1.54, 1.807) is 22.9 Å². The third kappa shape index (κ3) is 3.64. The maximum Gasteiger partial charge on any atom is 0.249 e. The summed E-state index contributed by atoms with van der Waals surface area (Å²) >= 11 is 6.22. The summed E-state index contributed by atoms with van der Waals surface area (Å²) in [7, 11) is 0. The molecule has 1 aliphatic carbocycles. The number of rotatable bonds is 5. The summed E-state index contributed by atoms with van der Waals surface area (Å²) in [5.74, 6) is 1.07. The highest BCUT2D eigenvalue weighted by Crippen LogP contribution is 2.31. The van der Waals surface area contributed by atoms with E-state index in [1.807, 2.05) is 6.07 Å². The molecule has 0 spiro atoms. The lowest BCUT2D eigenvalue weighted by atomic mass is 10.1. The zero-order valence-electron chi connectivity index (χ0n) is 15.8. The number of nitrogens with one attached hydrogen (secondary N) is 3. The minimum atomic E-state index is -0.875. The smallest absolute Gasteiger partial charge is 0.249 e. The van der Waals surface area contributed by atoms with E-state index < -0.39 is 6.23 Å². The Bertz CT molecular complexity index is 1190. The van der Waals surface area contributed by atoms with Crippen molar-refractivity contribution in [2.75, 3.05) is 10.6 Å². The van der Waals surface area contributed by atoms with Crippen molar-refractivity contribution in [2.24, 2.45) is 0 Å². The van der Waals surface area contributed by atoms with Crippen molar-refractivity contribution in [1.82, 2.24) is 19.9 Å². The number of aromatic nitrogens is 3. The van der Waals surface area contributed by atoms with E-state index in [2.05, 4.69) is 26.0 Å². The van der Waals surface area contributed by atoms with Gasteiger partial charge in [0.2, 0.25) is 5.91 Å². The molecule has 2 fully saturated rings. The molecule has 2 aromatic heterocycles. The van der Waals surface area contributed by atoms with Crippen molar-refractivity contribution in [3.05, 3.63) is 46.6 Å². The standard InChI is InChI=1S/C20H19ClN6O3/c21-14-7-13(28)3-4-15(14)24-16-8-17(23-12-1-2-12)27-19(25-16)11(9-22-27)5-10-6-18(29)26-20(10)30/h3-5,7-9,12,18,23,28-29H,1-2,6H2,(H,24,25)(H,26,30)/b10-5+. The molecule has 5 rings (SSSR count). The minimum Gasteiger partial charge on any atom is -0.508 e. The average molecular weight is 427 g/mol. The number of anilines is 3. The van der Waals surface area contributed by atoms with E-state index >= 15 is 0 Å². The molecule has 1 amide bonds. The fourth-order valence-corrected chi connectivity index (χ4v) is 3.56. The van der Waals surface area contributed by atoms with Gasteiger partial charge in [0, 0.05) is 35.7 Å². The molecule has 3 aromatic rings. The van der Waals surface area contributed by atoms with Crippen LogP contribution in [0.5, 0.6) is 5.75 Å².